The second kappa shape index (κ2) is 6.12. The number of nitro groups is 1. The third-order valence-electron chi connectivity index (χ3n) is 2.88. The average molecular weight is 292 g/mol. The van der Waals surface area contributed by atoms with Crippen LogP contribution in [0.1, 0.15) is 18.5 Å². The minimum absolute atomic E-state index is 0.0770. The molecule has 1 aromatic heterocycles. The van der Waals surface area contributed by atoms with Crippen molar-refractivity contribution < 1.29 is 14.1 Å². The van der Waals surface area contributed by atoms with E-state index in [-0.39, 0.29) is 30.1 Å². The van der Waals surface area contributed by atoms with Crippen LogP contribution in [0.25, 0.3) is 0 Å². The van der Waals surface area contributed by atoms with E-state index >= 15 is 0 Å². The van der Waals surface area contributed by atoms with Crippen LogP contribution in [0, 0.1) is 15.9 Å². The molecule has 0 spiro atoms. The first-order valence-corrected chi connectivity index (χ1v) is 6.16. The Kier molecular flexibility index (Phi) is 4.27. The number of imidazole rings is 1. The third kappa shape index (κ3) is 3.85. The van der Waals surface area contributed by atoms with Gasteiger partial charge in [-0.25, -0.2) is 4.39 Å². The minimum atomic E-state index is -0.629. The number of carbonyl (C=O) groups is 1. The maximum atomic E-state index is 12.8. The van der Waals surface area contributed by atoms with E-state index in [0.29, 0.717) is 0 Å². The lowest BCUT2D eigenvalue weighted by atomic mass is 10.1. The zero-order chi connectivity index (χ0) is 15.4. The number of nitrogens with zero attached hydrogens (tertiary/aromatic N) is 3. The fourth-order valence-corrected chi connectivity index (χ4v) is 1.82. The second-order valence-electron chi connectivity index (χ2n) is 4.50. The quantitative estimate of drug-likeness (QED) is 0.672. The van der Waals surface area contributed by atoms with Gasteiger partial charge in [0.1, 0.15) is 18.6 Å². The van der Waals surface area contributed by atoms with Crippen LogP contribution < -0.4 is 5.32 Å². The van der Waals surface area contributed by atoms with Gasteiger partial charge >= 0.3 is 5.82 Å². The highest BCUT2D eigenvalue weighted by atomic mass is 19.1. The van der Waals surface area contributed by atoms with Crippen molar-refractivity contribution in [1.82, 2.24) is 14.9 Å². The van der Waals surface area contributed by atoms with Crippen molar-refractivity contribution >= 4 is 11.7 Å². The van der Waals surface area contributed by atoms with Crippen molar-refractivity contribution in [2.24, 2.45) is 0 Å². The van der Waals surface area contributed by atoms with Crippen LogP contribution >= 0.6 is 0 Å². The molecule has 0 aliphatic carbocycles. The molecule has 1 unspecified atom stereocenters. The number of hydrogen-bond acceptors (Lipinski definition) is 4. The van der Waals surface area contributed by atoms with Gasteiger partial charge in [-0.15, -0.1) is 0 Å². The van der Waals surface area contributed by atoms with Crippen molar-refractivity contribution in [3.8, 4) is 0 Å². The Bertz CT molecular complexity index is 654. The van der Waals surface area contributed by atoms with Crippen molar-refractivity contribution in [1.29, 1.82) is 0 Å². The Labute approximate surface area is 119 Å². The fraction of sp³-hybridized carbons (Fsp3) is 0.231. The van der Waals surface area contributed by atoms with Crippen LogP contribution in [-0.2, 0) is 11.3 Å². The van der Waals surface area contributed by atoms with E-state index in [4.69, 9.17) is 0 Å². The first-order valence-electron chi connectivity index (χ1n) is 6.16. The van der Waals surface area contributed by atoms with Gasteiger partial charge in [0.15, 0.2) is 0 Å². The number of aromatic nitrogens is 2. The van der Waals surface area contributed by atoms with Crippen molar-refractivity contribution in [3.63, 3.8) is 0 Å². The van der Waals surface area contributed by atoms with E-state index in [2.05, 4.69) is 10.3 Å². The van der Waals surface area contributed by atoms with Crippen LogP contribution in [0.3, 0.4) is 0 Å². The molecule has 7 nitrogen and oxygen atoms in total. The lowest BCUT2D eigenvalue weighted by Crippen LogP contribution is -2.29. The molecular weight excluding hydrogens is 279 g/mol. The molecule has 21 heavy (non-hydrogen) atoms. The fourth-order valence-electron chi connectivity index (χ4n) is 1.82. The largest absolute Gasteiger partial charge is 0.381 e. The molecule has 1 atom stereocenters. The van der Waals surface area contributed by atoms with E-state index < -0.39 is 4.92 Å². The standard InChI is InChI=1S/C13H13FN4O3/c1-9(10-2-4-11(14)5-3-10)16-13(19)7-17-6-12(15-8-17)18(20)21/h2-6,8-9H,7H2,1H3,(H,16,19). The van der Waals surface area contributed by atoms with Crippen molar-refractivity contribution in [2.75, 3.05) is 0 Å². The summed E-state index contributed by atoms with van der Waals surface area (Å²) in [4.78, 5) is 25.3. The molecule has 1 N–H and O–H groups in total. The van der Waals surface area contributed by atoms with Crippen molar-refractivity contribution in [2.45, 2.75) is 19.5 Å². The lowest BCUT2D eigenvalue weighted by molar-refractivity contribution is -0.389. The van der Waals surface area contributed by atoms with Gasteiger partial charge in [-0.1, -0.05) is 12.1 Å². The molecule has 1 amide bonds. The first-order chi connectivity index (χ1) is 9.95. The maximum absolute atomic E-state index is 12.8. The summed E-state index contributed by atoms with van der Waals surface area (Å²) in [6, 6.07) is 5.51. The molecule has 0 radical (unpaired) electrons. The van der Waals surface area contributed by atoms with Gasteiger partial charge in [0.25, 0.3) is 0 Å². The Hall–Kier alpha value is -2.77. The number of amides is 1. The highest BCUT2D eigenvalue weighted by Gasteiger charge is 2.14. The van der Waals surface area contributed by atoms with E-state index in [0.717, 1.165) is 5.56 Å². The highest BCUT2D eigenvalue weighted by molar-refractivity contribution is 5.76. The number of benzene rings is 1. The monoisotopic (exact) mass is 292 g/mol. The van der Waals surface area contributed by atoms with E-state index in [1.54, 1.807) is 19.1 Å². The summed E-state index contributed by atoms with van der Waals surface area (Å²) < 4.78 is 14.1. The summed E-state index contributed by atoms with van der Waals surface area (Å²) in [6.07, 6.45) is 2.41. The Morgan fingerprint density at radius 3 is 2.71 bits per heavy atom. The molecule has 0 bridgehead atoms. The van der Waals surface area contributed by atoms with Gasteiger partial charge in [-0.2, -0.15) is 0 Å². The summed E-state index contributed by atoms with van der Waals surface area (Å²) in [5, 5.41) is 13.2. The summed E-state index contributed by atoms with van der Waals surface area (Å²) in [7, 11) is 0. The van der Waals surface area contributed by atoms with E-state index in [1.807, 2.05) is 0 Å². The van der Waals surface area contributed by atoms with Gasteiger partial charge in [0.05, 0.1) is 6.04 Å². The summed E-state index contributed by atoms with van der Waals surface area (Å²) in [6.45, 7) is 1.69. The number of nitrogens with one attached hydrogen (secondary N) is 1. The zero-order valence-corrected chi connectivity index (χ0v) is 11.2. The smallest absolute Gasteiger partial charge is 0.358 e. The van der Waals surface area contributed by atoms with Crippen LogP contribution in [0.15, 0.2) is 36.8 Å². The maximum Gasteiger partial charge on any atom is 0.381 e. The minimum Gasteiger partial charge on any atom is -0.358 e. The first kappa shape index (κ1) is 14.6. The number of hydrogen-bond donors (Lipinski definition) is 1. The summed E-state index contributed by atoms with van der Waals surface area (Å²) in [5.41, 5.74) is 0.765. The molecule has 2 aromatic rings. The molecule has 1 aromatic carbocycles. The summed E-state index contributed by atoms with van der Waals surface area (Å²) in [5.74, 6) is -0.975. The van der Waals surface area contributed by atoms with E-state index in [9.17, 15) is 19.3 Å². The molecule has 1 heterocycles. The van der Waals surface area contributed by atoms with E-state index in [1.165, 1.54) is 29.2 Å². The molecule has 0 aliphatic rings. The van der Waals surface area contributed by atoms with Crippen LogP contribution in [0.2, 0.25) is 0 Å². The average Bonchev–Trinajstić information content (AvgIpc) is 2.87. The van der Waals surface area contributed by atoms with Crippen LogP contribution in [0.5, 0.6) is 0 Å². The third-order valence-corrected chi connectivity index (χ3v) is 2.88. The Morgan fingerprint density at radius 2 is 2.14 bits per heavy atom. The molecular formula is C13H13FN4O3. The lowest BCUT2D eigenvalue weighted by Gasteiger charge is -2.14. The molecule has 0 saturated heterocycles. The predicted octanol–water partition coefficient (Wildman–Crippen LogP) is 1.81. The van der Waals surface area contributed by atoms with Crippen molar-refractivity contribution in [3.05, 3.63) is 58.3 Å². The number of halogens is 1. The van der Waals surface area contributed by atoms with Crippen LogP contribution in [-0.4, -0.2) is 20.4 Å². The molecule has 0 saturated carbocycles. The van der Waals surface area contributed by atoms with Gasteiger partial charge in [-0.3, -0.25) is 4.79 Å². The SMILES string of the molecule is CC(NC(=O)Cn1cnc([N+](=O)[O-])c1)c1ccc(F)cc1. The molecule has 0 fully saturated rings. The second-order valence-corrected chi connectivity index (χ2v) is 4.50. The van der Waals surface area contributed by atoms with Crippen LogP contribution in [0.4, 0.5) is 10.2 Å². The Morgan fingerprint density at radius 1 is 1.48 bits per heavy atom. The summed E-state index contributed by atoms with van der Waals surface area (Å²) >= 11 is 0. The highest BCUT2D eigenvalue weighted by Crippen LogP contribution is 2.13. The van der Waals surface area contributed by atoms with Gasteiger partial charge in [0.2, 0.25) is 12.2 Å². The number of carbonyl (C=O) groups excluding carboxylic acids is 1. The molecule has 2 rings (SSSR count). The molecule has 0 aliphatic heterocycles. The van der Waals surface area contributed by atoms with Gasteiger partial charge in [-0.05, 0) is 34.5 Å². The predicted molar refractivity (Wildman–Crippen MR) is 71.8 cm³/mol. The van der Waals surface area contributed by atoms with Gasteiger partial charge < -0.3 is 20.0 Å². The molecule has 8 heteroatoms. The Balaban J connectivity index is 1.94. The van der Waals surface area contributed by atoms with Gasteiger partial charge in [0, 0.05) is 0 Å². The molecule has 110 valence electrons. The zero-order valence-electron chi connectivity index (χ0n) is 11.2. The number of rotatable bonds is 5. The topological polar surface area (TPSA) is 90.1 Å². The normalized spacial score (nSPS) is 11.9.